The standard InChI is InChI=1S/C18H25N3O2/c1-5-23-14-7-6-13-8-16(19-15(13)9-14)18(22)21-10-12(2)17(11-21)20(3)4/h6-9,12,17,19H,5,10-11H2,1-4H3/t12-,17+/m0/s1. The van der Waals surface area contributed by atoms with E-state index in [-0.39, 0.29) is 5.91 Å². The van der Waals surface area contributed by atoms with Crippen molar-refractivity contribution < 1.29 is 9.53 Å². The van der Waals surface area contributed by atoms with Gasteiger partial charge in [-0.3, -0.25) is 4.79 Å². The molecule has 2 aromatic rings. The summed E-state index contributed by atoms with van der Waals surface area (Å²) in [6.45, 7) is 6.39. The third kappa shape index (κ3) is 3.06. The van der Waals surface area contributed by atoms with Crippen LogP contribution in [0.2, 0.25) is 0 Å². The summed E-state index contributed by atoms with van der Waals surface area (Å²) >= 11 is 0. The van der Waals surface area contributed by atoms with E-state index in [1.807, 2.05) is 36.1 Å². The van der Waals surface area contributed by atoms with Gasteiger partial charge in [0.2, 0.25) is 0 Å². The maximum atomic E-state index is 12.8. The smallest absolute Gasteiger partial charge is 0.270 e. The van der Waals surface area contributed by atoms with Crippen LogP contribution in [0.1, 0.15) is 24.3 Å². The van der Waals surface area contributed by atoms with Crippen LogP contribution >= 0.6 is 0 Å². The Labute approximate surface area is 137 Å². The van der Waals surface area contributed by atoms with Crippen molar-refractivity contribution in [3.8, 4) is 5.75 Å². The van der Waals surface area contributed by atoms with Crippen molar-refractivity contribution in [3.63, 3.8) is 0 Å². The molecule has 0 aliphatic carbocycles. The summed E-state index contributed by atoms with van der Waals surface area (Å²) in [7, 11) is 4.15. The van der Waals surface area contributed by atoms with Crippen LogP contribution in [0.15, 0.2) is 24.3 Å². The van der Waals surface area contributed by atoms with Gasteiger partial charge in [-0.15, -0.1) is 0 Å². The number of benzene rings is 1. The van der Waals surface area contributed by atoms with E-state index in [1.165, 1.54) is 0 Å². The number of fused-ring (bicyclic) bond motifs is 1. The molecule has 1 aliphatic rings. The summed E-state index contributed by atoms with van der Waals surface area (Å²) < 4.78 is 5.52. The van der Waals surface area contributed by atoms with Crippen molar-refractivity contribution in [2.45, 2.75) is 19.9 Å². The zero-order valence-corrected chi connectivity index (χ0v) is 14.3. The summed E-state index contributed by atoms with van der Waals surface area (Å²) in [6.07, 6.45) is 0. The fourth-order valence-electron chi connectivity index (χ4n) is 3.44. The molecule has 1 aromatic heterocycles. The molecule has 0 unspecified atom stereocenters. The van der Waals surface area contributed by atoms with Gasteiger partial charge in [-0.05, 0) is 45.1 Å². The molecule has 0 bridgehead atoms. The summed E-state index contributed by atoms with van der Waals surface area (Å²) in [5.41, 5.74) is 1.59. The average Bonchev–Trinajstić information content (AvgIpc) is 3.10. The molecule has 1 saturated heterocycles. The monoisotopic (exact) mass is 315 g/mol. The molecule has 5 nitrogen and oxygen atoms in total. The number of hydrogen-bond donors (Lipinski definition) is 1. The summed E-state index contributed by atoms with van der Waals surface area (Å²) in [5, 5.41) is 1.04. The minimum atomic E-state index is 0.0790. The second kappa shape index (κ2) is 6.24. The minimum Gasteiger partial charge on any atom is -0.494 e. The summed E-state index contributed by atoms with van der Waals surface area (Å²) in [4.78, 5) is 20.2. The number of carbonyl (C=O) groups is 1. The molecule has 23 heavy (non-hydrogen) atoms. The highest BCUT2D eigenvalue weighted by molar-refractivity contribution is 5.98. The lowest BCUT2D eigenvalue weighted by Crippen LogP contribution is -2.35. The van der Waals surface area contributed by atoms with Gasteiger partial charge in [0.05, 0.1) is 6.61 Å². The number of ether oxygens (including phenoxy) is 1. The van der Waals surface area contributed by atoms with Crippen LogP contribution in [0.4, 0.5) is 0 Å². The zero-order valence-electron chi connectivity index (χ0n) is 14.3. The zero-order chi connectivity index (χ0) is 16.6. The lowest BCUT2D eigenvalue weighted by Gasteiger charge is -2.22. The van der Waals surface area contributed by atoms with Crippen LogP contribution in [0.25, 0.3) is 10.9 Å². The van der Waals surface area contributed by atoms with Crippen LogP contribution in [0.3, 0.4) is 0 Å². The Kier molecular flexibility index (Phi) is 4.31. The predicted octanol–water partition coefficient (Wildman–Crippen LogP) is 2.59. The second-order valence-corrected chi connectivity index (χ2v) is 6.58. The average molecular weight is 315 g/mol. The molecule has 0 spiro atoms. The Hall–Kier alpha value is -2.01. The van der Waals surface area contributed by atoms with Crippen molar-refractivity contribution in [2.24, 2.45) is 5.92 Å². The quantitative estimate of drug-likeness (QED) is 0.943. The van der Waals surface area contributed by atoms with Gasteiger partial charge in [0.1, 0.15) is 11.4 Å². The van der Waals surface area contributed by atoms with Gasteiger partial charge in [0.25, 0.3) is 5.91 Å². The van der Waals surface area contributed by atoms with E-state index < -0.39 is 0 Å². The minimum absolute atomic E-state index is 0.0790. The first-order chi connectivity index (χ1) is 11.0. The topological polar surface area (TPSA) is 48.6 Å². The highest BCUT2D eigenvalue weighted by atomic mass is 16.5. The summed E-state index contributed by atoms with van der Waals surface area (Å²) in [5.74, 6) is 1.39. The van der Waals surface area contributed by atoms with E-state index in [2.05, 4.69) is 30.9 Å². The largest absolute Gasteiger partial charge is 0.494 e. The van der Waals surface area contributed by atoms with E-state index in [1.54, 1.807) is 0 Å². The SMILES string of the molecule is CCOc1ccc2cc(C(=O)N3C[C@@H](N(C)C)[C@@H](C)C3)[nH]c2c1. The Balaban J connectivity index is 1.81. The second-order valence-electron chi connectivity index (χ2n) is 6.58. The number of aromatic nitrogens is 1. The van der Waals surface area contributed by atoms with Crippen molar-refractivity contribution in [2.75, 3.05) is 33.8 Å². The number of likely N-dealkylation sites (tertiary alicyclic amines) is 1. The van der Waals surface area contributed by atoms with Gasteiger partial charge in [-0.2, -0.15) is 0 Å². The third-order valence-electron chi connectivity index (χ3n) is 4.66. The van der Waals surface area contributed by atoms with E-state index in [9.17, 15) is 4.79 Å². The molecule has 3 rings (SSSR count). The van der Waals surface area contributed by atoms with E-state index in [0.717, 1.165) is 29.7 Å². The molecule has 0 saturated carbocycles. The lowest BCUT2D eigenvalue weighted by atomic mass is 10.1. The lowest BCUT2D eigenvalue weighted by molar-refractivity contribution is 0.0776. The fourth-order valence-corrected chi connectivity index (χ4v) is 3.44. The number of hydrogen-bond acceptors (Lipinski definition) is 3. The number of amides is 1. The van der Waals surface area contributed by atoms with E-state index in [4.69, 9.17) is 4.74 Å². The molecule has 0 radical (unpaired) electrons. The molecule has 1 amide bonds. The molecular weight excluding hydrogens is 290 g/mol. The molecule has 124 valence electrons. The fraction of sp³-hybridized carbons (Fsp3) is 0.500. The van der Waals surface area contributed by atoms with Crippen LogP contribution in [0, 0.1) is 5.92 Å². The van der Waals surface area contributed by atoms with Gasteiger partial charge >= 0.3 is 0 Å². The summed E-state index contributed by atoms with van der Waals surface area (Å²) in [6, 6.07) is 8.23. The number of aromatic amines is 1. The Morgan fingerprint density at radius 1 is 1.35 bits per heavy atom. The Morgan fingerprint density at radius 3 is 2.78 bits per heavy atom. The van der Waals surface area contributed by atoms with Crippen molar-refractivity contribution in [1.29, 1.82) is 0 Å². The molecule has 1 aliphatic heterocycles. The van der Waals surface area contributed by atoms with E-state index in [0.29, 0.717) is 24.3 Å². The van der Waals surface area contributed by atoms with Crippen LogP contribution < -0.4 is 4.74 Å². The molecule has 2 atom stereocenters. The number of likely N-dealkylation sites (N-methyl/N-ethyl adjacent to an activating group) is 1. The molecule has 2 heterocycles. The predicted molar refractivity (Wildman–Crippen MR) is 92.0 cm³/mol. The molecular formula is C18H25N3O2. The number of carbonyl (C=O) groups excluding carboxylic acids is 1. The maximum absolute atomic E-state index is 12.8. The molecule has 1 aromatic carbocycles. The van der Waals surface area contributed by atoms with Gasteiger partial charge in [-0.25, -0.2) is 0 Å². The first kappa shape index (κ1) is 15.9. The first-order valence-corrected chi connectivity index (χ1v) is 8.21. The highest BCUT2D eigenvalue weighted by Gasteiger charge is 2.34. The van der Waals surface area contributed by atoms with Crippen molar-refractivity contribution >= 4 is 16.8 Å². The molecule has 5 heteroatoms. The van der Waals surface area contributed by atoms with Gasteiger partial charge < -0.3 is 19.5 Å². The van der Waals surface area contributed by atoms with Crippen molar-refractivity contribution in [3.05, 3.63) is 30.0 Å². The Bertz CT molecular complexity index is 707. The van der Waals surface area contributed by atoms with Gasteiger partial charge in [-0.1, -0.05) is 6.92 Å². The van der Waals surface area contributed by atoms with Crippen LogP contribution in [-0.4, -0.2) is 60.5 Å². The van der Waals surface area contributed by atoms with Gasteiger partial charge in [0, 0.05) is 36.1 Å². The molecule has 1 fully saturated rings. The first-order valence-electron chi connectivity index (χ1n) is 8.21. The number of nitrogens with one attached hydrogen (secondary N) is 1. The van der Waals surface area contributed by atoms with Crippen LogP contribution in [0.5, 0.6) is 5.75 Å². The van der Waals surface area contributed by atoms with E-state index >= 15 is 0 Å². The molecule has 1 N–H and O–H groups in total. The van der Waals surface area contributed by atoms with Crippen molar-refractivity contribution in [1.82, 2.24) is 14.8 Å². The number of H-pyrrole nitrogens is 1. The van der Waals surface area contributed by atoms with Gasteiger partial charge in [0.15, 0.2) is 0 Å². The highest BCUT2D eigenvalue weighted by Crippen LogP contribution is 2.25. The van der Waals surface area contributed by atoms with Crippen LogP contribution in [-0.2, 0) is 0 Å². The maximum Gasteiger partial charge on any atom is 0.270 e. The third-order valence-corrected chi connectivity index (χ3v) is 4.66. The Morgan fingerprint density at radius 2 is 2.13 bits per heavy atom. The normalized spacial score (nSPS) is 21.3. The number of nitrogens with zero attached hydrogens (tertiary/aromatic N) is 2. The number of rotatable bonds is 4.